The van der Waals surface area contributed by atoms with E-state index in [9.17, 15) is 0 Å². The van der Waals surface area contributed by atoms with Gasteiger partial charge in [0.2, 0.25) is 0 Å². The van der Waals surface area contributed by atoms with E-state index in [1.165, 1.54) is 24.8 Å². The van der Waals surface area contributed by atoms with Crippen LogP contribution in [0, 0.1) is 0 Å². The van der Waals surface area contributed by atoms with Crippen molar-refractivity contribution in [1.29, 1.82) is 0 Å². The minimum atomic E-state index is 0.473. The lowest BCUT2D eigenvalue weighted by Crippen LogP contribution is -2.41. The zero-order chi connectivity index (χ0) is 15.2. The number of rotatable bonds is 7. The molecule has 1 N–H and O–H groups in total. The summed E-state index contributed by atoms with van der Waals surface area (Å²) < 4.78 is 10.7. The van der Waals surface area contributed by atoms with Crippen LogP contribution >= 0.6 is 11.8 Å². The molecular weight excluding hydrogens is 282 g/mol. The summed E-state index contributed by atoms with van der Waals surface area (Å²) >= 11 is 2.00. The van der Waals surface area contributed by atoms with E-state index < -0.39 is 0 Å². The predicted molar refractivity (Wildman–Crippen MR) is 90.8 cm³/mol. The first-order valence-electron chi connectivity index (χ1n) is 7.67. The average molecular weight is 309 g/mol. The van der Waals surface area contributed by atoms with Crippen molar-refractivity contribution in [3.05, 3.63) is 23.8 Å². The molecule has 4 heteroatoms. The Kier molecular flexibility index (Phi) is 6.24. The molecule has 0 saturated heterocycles. The van der Waals surface area contributed by atoms with Crippen molar-refractivity contribution in [2.24, 2.45) is 0 Å². The van der Waals surface area contributed by atoms with Crippen LogP contribution in [0.1, 0.15) is 31.7 Å². The van der Waals surface area contributed by atoms with E-state index in [-0.39, 0.29) is 0 Å². The quantitative estimate of drug-likeness (QED) is 0.835. The SMILES string of the molecule is COc1ccc(CC(C)NC2CCCC2SC)cc1OC. The minimum Gasteiger partial charge on any atom is -0.493 e. The molecule has 1 saturated carbocycles. The van der Waals surface area contributed by atoms with E-state index in [2.05, 4.69) is 30.6 Å². The summed E-state index contributed by atoms with van der Waals surface area (Å²) in [6, 6.07) is 7.33. The normalized spacial score (nSPS) is 23.0. The molecule has 1 aliphatic rings. The third kappa shape index (κ3) is 4.30. The Balaban J connectivity index is 1.94. The van der Waals surface area contributed by atoms with Crippen molar-refractivity contribution >= 4 is 11.8 Å². The maximum atomic E-state index is 5.38. The molecule has 3 nitrogen and oxygen atoms in total. The van der Waals surface area contributed by atoms with Crippen molar-refractivity contribution < 1.29 is 9.47 Å². The van der Waals surface area contributed by atoms with Gasteiger partial charge in [0.15, 0.2) is 11.5 Å². The molecule has 1 aromatic carbocycles. The summed E-state index contributed by atoms with van der Waals surface area (Å²) in [5, 5.41) is 4.58. The molecule has 0 amide bonds. The number of benzene rings is 1. The van der Waals surface area contributed by atoms with Crippen LogP contribution in [0.25, 0.3) is 0 Å². The largest absolute Gasteiger partial charge is 0.493 e. The van der Waals surface area contributed by atoms with Crippen molar-refractivity contribution in [3.63, 3.8) is 0 Å². The summed E-state index contributed by atoms with van der Waals surface area (Å²) in [7, 11) is 3.36. The van der Waals surface area contributed by atoms with Gasteiger partial charge in [-0.05, 0) is 50.1 Å². The first-order valence-corrected chi connectivity index (χ1v) is 8.96. The van der Waals surface area contributed by atoms with Gasteiger partial charge in [-0.15, -0.1) is 0 Å². The summed E-state index contributed by atoms with van der Waals surface area (Å²) in [5.74, 6) is 1.60. The van der Waals surface area contributed by atoms with Crippen LogP contribution in [-0.4, -0.2) is 37.8 Å². The highest BCUT2D eigenvalue weighted by molar-refractivity contribution is 7.99. The molecule has 118 valence electrons. The van der Waals surface area contributed by atoms with Crippen molar-refractivity contribution in [2.75, 3.05) is 20.5 Å². The van der Waals surface area contributed by atoms with Gasteiger partial charge in [0, 0.05) is 17.3 Å². The number of hydrogen-bond acceptors (Lipinski definition) is 4. The highest BCUT2D eigenvalue weighted by Gasteiger charge is 2.27. The lowest BCUT2D eigenvalue weighted by Gasteiger charge is -2.24. The summed E-state index contributed by atoms with van der Waals surface area (Å²) in [6.45, 7) is 2.27. The van der Waals surface area contributed by atoms with Crippen molar-refractivity contribution in [1.82, 2.24) is 5.32 Å². The van der Waals surface area contributed by atoms with Crippen LogP contribution in [0.4, 0.5) is 0 Å². The van der Waals surface area contributed by atoms with Gasteiger partial charge in [0.05, 0.1) is 14.2 Å². The fourth-order valence-electron chi connectivity index (χ4n) is 3.18. The first kappa shape index (κ1) is 16.5. The highest BCUT2D eigenvalue weighted by Crippen LogP contribution is 2.30. The van der Waals surface area contributed by atoms with Crippen LogP contribution in [0.2, 0.25) is 0 Å². The van der Waals surface area contributed by atoms with E-state index in [0.717, 1.165) is 23.2 Å². The number of ether oxygens (including phenoxy) is 2. The number of thioether (sulfide) groups is 1. The number of hydrogen-bond donors (Lipinski definition) is 1. The molecule has 2 rings (SSSR count). The van der Waals surface area contributed by atoms with E-state index in [1.54, 1.807) is 14.2 Å². The van der Waals surface area contributed by atoms with Crippen molar-refractivity contribution in [2.45, 2.75) is 49.9 Å². The third-order valence-electron chi connectivity index (χ3n) is 4.24. The lowest BCUT2D eigenvalue weighted by atomic mass is 10.1. The molecule has 3 unspecified atom stereocenters. The molecular formula is C17H27NO2S. The maximum absolute atomic E-state index is 5.38. The number of methoxy groups -OCH3 is 2. The summed E-state index contributed by atoms with van der Waals surface area (Å²) in [4.78, 5) is 0. The monoisotopic (exact) mass is 309 g/mol. The van der Waals surface area contributed by atoms with Gasteiger partial charge < -0.3 is 14.8 Å². The van der Waals surface area contributed by atoms with E-state index >= 15 is 0 Å². The molecule has 1 fully saturated rings. The van der Waals surface area contributed by atoms with E-state index in [4.69, 9.17) is 9.47 Å². The fourth-order valence-corrected chi connectivity index (χ4v) is 4.13. The van der Waals surface area contributed by atoms with E-state index in [1.807, 2.05) is 17.8 Å². The second-order valence-corrected chi connectivity index (χ2v) is 6.85. The zero-order valence-electron chi connectivity index (χ0n) is 13.5. The van der Waals surface area contributed by atoms with Crippen LogP contribution in [0.5, 0.6) is 11.5 Å². The van der Waals surface area contributed by atoms with Crippen LogP contribution in [-0.2, 0) is 6.42 Å². The average Bonchev–Trinajstić information content (AvgIpc) is 2.94. The molecule has 21 heavy (non-hydrogen) atoms. The second kappa shape index (κ2) is 7.95. The Morgan fingerprint density at radius 3 is 2.67 bits per heavy atom. The van der Waals surface area contributed by atoms with Crippen LogP contribution in [0.3, 0.4) is 0 Å². The second-order valence-electron chi connectivity index (χ2n) is 5.77. The standard InChI is InChI=1S/C17H27NO2S/c1-12(18-14-6-5-7-17(14)21-4)10-13-8-9-15(19-2)16(11-13)20-3/h8-9,11-12,14,17-18H,5-7,10H2,1-4H3. The third-order valence-corrected chi connectivity index (χ3v) is 5.41. The Morgan fingerprint density at radius 1 is 1.24 bits per heavy atom. The Bertz CT molecular complexity index is 452. The van der Waals surface area contributed by atoms with Gasteiger partial charge in [-0.3, -0.25) is 0 Å². The molecule has 0 bridgehead atoms. The summed E-state index contributed by atoms with van der Waals surface area (Å²) in [6.07, 6.45) is 7.25. The highest BCUT2D eigenvalue weighted by atomic mass is 32.2. The van der Waals surface area contributed by atoms with Gasteiger partial charge in [0.1, 0.15) is 0 Å². The van der Waals surface area contributed by atoms with Gasteiger partial charge in [0.25, 0.3) is 0 Å². The van der Waals surface area contributed by atoms with Gasteiger partial charge in [-0.25, -0.2) is 0 Å². The van der Waals surface area contributed by atoms with Crippen LogP contribution in [0.15, 0.2) is 18.2 Å². The van der Waals surface area contributed by atoms with Crippen molar-refractivity contribution in [3.8, 4) is 11.5 Å². The molecule has 0 radical (unpaired) electrons. The first-order chi connectivity index (χ1) is 10.2. The Labute approximate surface area is 132 Å². The van der Waals surface area contributed by atoms with E-state index in [0.29, 0.717) is 12.1 Å². The molecule has 1 aromatic rings. The molecule has 0 aliphatic heterocycles. The molecule has 3 atom stereocenters. The molecule has 1 aliphatic carbocycles. The lowest BCUT2D eigenvalue weighted by molar-refractivity contribution is 0.354. The van der Waals surface area contributed by atoms with Gasteiger partial charge in [-0.2, -0.15) is 11.8 Å². The molecule has 0 heterocycles. The topological polar surface area (TPSA) is 30.5 Å². The molecule has 0 spiro atoms. The summed E-state index contributed by atoms with van der Waals surface area (Å²) in [5.41, 5.74) is 1.28. The Morgan fingerprint density at radius 2 is 2.00 bits per heavy atom. The maximum Gasteiger partial charge on any atom is 0.160 e. The van der Waals surface area contributed by atoms with Gasteiger partial charge in [-0.1, -0.05) is 12.5 Å². The number of nitrogens with one attached hydrogen (secondary N) is 1. The minimum absolute atomic E-state index is 0.473. The van der Waals surface area contributed by atoms with Crippen LogP contribution < -0.4 is 14.8 Å². The van der Waals surface area contributed by atoms with Gasteiger partial charge >= 0.3 is 0 Å². The molecule has 0 aromatic heterocycles. The Hall–Kier alpha value is -0.870. The zero-order valence-corrected chi connectivity index (χ0v) is 14.3. The fraction of sp³-hybridized carbons (Fsp3) is 0.647. The smallest absolute Gasteiger partial charge is 0.160 e. The predicted octanol–water partition coefficient (Wildman–Crippen LogP) is 3.51.